The standard InChI is InChI=1S/C14H18N2/c1-3-12-4-6-13(7-5-12)15-14-8-10-16(2)11-9-14/h1,4-7,14-15H,8-11H2,2H3. The topological polar surface area (TPSA) is 15.3 Å². The van der Waals surface area contributed by atoms with Gasteiger partial charge in [-0.2, -0.15) is 0 Å². The Hall–Kier alpha value is -1.46. The summed E-state index contributed by atoms with van der Waals surface area (Å²) in [6, 6.07) is 8.70. The van der Waals surface area contributed by atoms with Crippen molar-refractivity contribution in [3.8, 4) is 12.3 Å². The lowest BCUT2D eigenvalue weighted by atomic mass is 10.1. The van der Waals surface area contributed by atoms with E-state index in [9.17, 15) is 0 Å². The zero-order chi connectivity index (χ0) is 11.4. The Morgan fingerprint density at radius 1 is 1.25 bits per heavy atom. The maximum atomic E-state index is 5.32. The van der Waals surface area contributed by atoms with Crippen LogP contribution in [0.4, 0.5) is 5.69 Å². The third-order valence-corrected chi connectivity index (χ3v) is 3.14. The first-order valence-corrected chi connectivity index (χ1v) is 5.79. The SMILES string of the molecule is C#Cc1ccc(NC2CCN(C)CC2)cc1. The number of nitrogens with one attached hydrogen (secondary N) is 1. The van der Waals surface area contributed by atoms with Crippen molar-refractivity contribution in [2.75, 3.05) is 25.5 Å². The number of hydrogen-bond acceptors (Lipinski definition) is 2. The number of hydrogen-bond donors (Lipinski definition) is 1. The predicted octanol–water partition coefficient (Wildman–Crippen LogP) is 2.17. The molecule has 2 heteroatoms. The summed E-state index contributed by atoms with van der Waals surface area (Å²) < 4.78 is 0. The Morgan fingerprint density at radius 2 is 1.88 bits per heavy atom. The molecular weight excluding hydrogens is 196 g/mol. The molecule has 1 heterocycles. The fraction of sp³-hybridized carbons (Fsp3) is 0.429. The third-order valence-electron chi connectivity index (χ3n) is 3.14. The summed E-state index contributed by atoms with van der Waals surface area (Å²) in [6.07, 6.45) is 7.75. The zero-order valence-electron chi connectivity index (χ0n) is 9.74. The smallest absolute Gasteiger partial charge is 0.0343 e. The van der Waals surface area contributed by atoms with Crippen molar-refractivity contribution in [1.29, 1.82) is 0 Å². The quantitative estimate of drug-likeness (QED) is 0.759. The van der Waals surface area contributed by atoms with Crippen LogP contribution in [0.2, 0.25) is 0 Å². The number of rotatable bonds is 2. The molecule has 16 heavy (non-hydrogen) atoms. The second-order valence-electron chi connectivity index (χ2n) is 4.44. The lowest BCUT2D eigenvalue weighted by Crippen LogP contribution is -2.36. The highest BCUT2D eigenvalue weighted by atomic mass is 15.1. The maximum Gasteiger partial charge on any atom is 0.0343 e. The van der Waals surface area contributed by atoms with Gasteiger partial charge in [-0.15, -0.1) is 6.42 Å². The number of likely N-dealkylation sites (tertiary alicyclic amines) is 1. The molecule has 1 fully saturated rings. The Morgan fingerprint density at radius 3 is 2.44 bits per heavy atom. The van der Waals surface area contributed by atoms with E-state index >= 15 is 0 Å². The van der Waals surface area contributed by atoms with Crippen LogP contribution in [0.15, 0.2) is 24.3 Å². The molecule has 1 aliphatic rings. The minimum absolute atomic E-state index is 0.605. The van der Waals surface area contributed by atoms with Crippen LogP contribution in [0.25, 0.3) is 0 Å². The van der Waals surface area contributed by atoms with Crippen molar-refractivity contribution in [3.05, 3.63) is 29.8 Å². The van der Waals surface area contributed by atoms with E-state index in [2.05, 4.69) is 35.3 Å². The normalized spacial score (nSPS) is 18.0. The molecule has 1 aromatic carbocycles. The number of anilines is 1. The molecule has 0 unspecified atom stereocenters. The van der Waals surface area contributed by atoms with Gasteiger partial charge in [0.1, 0.15) is 0 Å². The number of terminal acetylenes is 1. The summed E-state index contributed by atoms with van der Waals surface area (Å²) in [4.78, 5) is 2.37. The van der Waals surface area contributed by atoms with E-state index in [0.29, 0.717) is 6.04 Å². The summed E-state index contributed by atoms with van der Waals surface area (Å²) in [5, 5.41) is 3.56. The summed E-state index contributed by atoms with van der Waals surface area (Å²) in [5.74, 6) is 2.63. The highest BCUT2D eigenvalue weighted by Gasteiger charge is 2.15. The van der Waals surface area contributed by atoms with E-state index in [1.165, 1.54) is 31.6 Å². The van der Waals surface area contributed by atoms with E-state index in [0.717, 1.165) is 5.56 Å². The van der Waals surface area contributed by atoms with Gasteiger partial charge in [0, 0.05) is 17.3 Å². The van der Waals surface area contributed by atoms with Gasteiger partial charge in [-0.25, -0.2) is 0 Å². The Bertz CT molecular complexity index is 367. The van der Waals surface area contributed by atoms with Crippen molar-refractivity contribution in [2.45, 2.75) is 18.9 Å². The van der Waals surface area contributed by atoms with Crippen LogP contribution in [-0.4, -0.2) is 31.1 Å². The van der Waals surface area contributed by atoms with Gasteiger partial charge in [-0.05, 0) is 57.2 Å². The summed E-state index contributed by atoms with van der Waals surface area (Å²) >= 11 is 0. The summed E-state index contributed by atoms with van der Waals surface area (Å²) in [6.45, 7) is 2.36. The average molecular weight is 214 g/mol. The molecule has 2 nitrogen and oxygen atoms in total. The first-order chi connectivity index (χ1) is 7.78. The van der Waals surface area contributed by atoms with E-state index in [1.54, 1.807) is 0 Å². The first kappa shape index (κ1) is 11.0. The molecule has 1 N–H and O–H groups in total. The lowest BCUT2D eigenvalue weighted by molar-refractivity contribution is 0.264. The fourth-order valence-electron chi connectivity index (χ4n) is 2.05. The molecule has 1 aliphatic heterocycles. The van der Waals surface area contributed by atoms with Crippen molar-refractivity contribution in [3.63, 3.8) is 0 Å². The van der Waals surface area contributed by atoms with Gasteiger partial charge in [-0.1, -0.05) is 5.92 Å². The average Bonchev–Trinajstić information content (AvgIpc) is 2.33. The van der Waals surface area contributed by atoms with E-state index < -0.39 is 0 Å². The molecule has 0 spiro atoms. The van der Waals surface area contributed by atoms with Crippen LogP contribution < -0.4 is 5.32 Å². The van der Waals surface area contributed by atoms with E-state index in [1.807, 2.05) is 12.1 Å². The maximum absolute atomic E-state index is 5.32. The minimum atomic E-state index is 0.605. The van der Waals surface area contributed by atoms with Crippen molar-refractivity contribution in [2.24, 2.45) is 0 Å². The van der Waals surface area contributed by atoms with Crippen molar-refractivity contribution >= 4 is 5.69 Å². The zero-order valence-corrected chi connectivity index (χ0v) is 9.74. The molecule has 0 bridgehead atoms. The van der Waals surface area contributed by atoms with Gasteiger partial charge < -0.3 is 10.2 Å². The number of nitrogens with zero attached hydrogens (tertiary/aromatic N) is 1. The molecule has 0 atom stereocenters. The predicted molar refractivity (Wildman–Crippen MR) is 68.5 cm³/mol. The van der Waals surface area contributed by atoms with Gasteiger partial charge in [0.15, 0.2) is 0 Å². The second-order valence-corrected chi connectivity index (χ2v) is 4.44. The largest absolute Gasteiger partial charge is 0.382 e. The Labute approximate surface area is 97.7 Å². The Balaban J connectivity index is 1.91. The monoisotopic (exact) mass is 214 g/mol. The fourth-order valence-corrected chi connectivity index (χ4v) is 2.05. The molecule has 0 radical (unpaired) electrons. The van der Waals surface area contributed by atoms with Crippen molar-refractivity contribution < 1.29 is 0 Å². The highest BCUT2D eigenvalue weighted by Crippen LogP contribution is 2.16. The van der Waals surface area contributed by atoms with Crippen LogP contribution >= 0.6 is 0 Å². The van der Waals surface area contributed by atoms with Gasteiger partial charge >= 0.3 is 0 Å². The molecule has 2 rings (SSSR count). The molecule has 0 aromatic heterocycles. The van der Waals surface area contributed by atoms with Crippen LogP contribution in [0.1, 0.15) is 18.4 Å². The molecule has 0 saturated carbocycles. The molecule has 0 amide bonds. The van der Waals surface area contributed by atoms with Gasteiger partial charge in [-0.3, -0.25) is 0 Å². The van der Waals surface area contributed by atoms with E-state index in [4.69, 9.17) is 6.42 Å². The summed E-state index contributed by atoms with van der Waals surface area (Å²) in [5.41, 5.74) is 2.11. The third kappa shape index (κ3) is 2.77. The van der Waals surface area contributed by atoms with Crippen LogP contribution in [0.3, 0.4) is 0 Å². The van der Waals surface area contributed by atoms with Crippen molar-refractivity contribution in [1.82, 2.24) is 4.90 Å². The highest BCUT2D eigenvalue weighted by molar-refractivity contribution is 5.48. The molecule has 1 saturated heterocycles. The molecule has 1 aromatic rings. The number of piperidine rings is 1. The van der Waals surface area contributed by atoms with Gasteiger partial charge in [0.05, 0.1) is 0 Å². The lowest BCUT2D eigenvalue weighted by Gasteiger charge is -2.30. The summed E-state index contributed by atoms with van der Waals surface area (Å²) in [7, 11) is 2.18. The van der Waals surface area contributed by atoms with Crippen LogP contribution in [0.5, 0.6) is 0 Å². The second kappa shape index (κ2) is 5.05. The minimum Gasteiger partial charge on any atom is -0.382 e. The van der Waals surface area contributed by atoms with Gasteiger partial charge in [0.2, 0.25) is 0 Å². The molecular formula is C14H18N2. The Kier molecular flexibility index (Phi) is 3.48. The molecule has 0 aliphatic carbocycles. The molecule has 84 valence electrons. The number of benzene rings is 1. The first-order valence-electron chi connectivity index (χ1n) is 5.79. The van der Waals surface area contributed by atoms with Gasteiger partial charge in [0.25, 0.3) is 0 Å². The van der Waals surface area contributed by atoms with Crippen LogP contribution in [0, 0.1) is 12.3 Å². The van der Waals surface area contributed by atoms with E-state index in [-0.39, 0.29) is 0 Å². The van der Waals surface area contributed by atoms with Crippen LogP contribution in [-0.2, 0) is 0 Å².